The Balaban J connectivity index is 1.61. The molecule has 0 spiro atoms. The van der Waals surface area contributed by atoms with Crippen molar-refractivity contribution in [2.24, 2.45) is 0 Å². The second kappa shape index (κ2) is 5.12. The van der Waals surface area contributed by atoms with Crippen LogP contribution in [0.25, 0.3) is 17.2 Å². The first-order valence-corrected chi connectivity index (χ1v) is 7.22. The average molecular weight is 281 g/mol. The van der Waals surface area contributed by atoms with Gasteiger partial charge in [-0.2, -0.15) is 4.98 Å². The van der Waals surface area contributed by atoms with Gasteiger partial charge in [0, 0.05) is 5.92 Å². The first-order chi connectivity index (χ1) is 10.4. The van der Waals surface area contributed by atoms with Crippen molar-refractivity contribution in [3.8, 4) is 17.2 Å². The van der Waals surface area contributed by atoms with Crippen molar-refractivity contribution < 1.29 is 4.52 Å². The fourth-order valence-electron chi connectivity index (χ4n) is 2.75. The average Bonchev–Trinajstić information content (AvgIpc) is 3.27. The lowest BCUT2D eigenvalue weighted by molar-refractivity contribution is 0.354. The number of para-hydroxylation sites is 1. The van der Waals surface area contributed by atoms with Crippen LogP contribution in [-0.4, -0.2) is 25.1 Å². The molecule has 4 rings (SSSR count). The summed E-state index contributed by atoms with van der Waals surface area (Å²) in [5.41, 5.74) is 1.59. The minimum absolute atomic E-state index is 0.412. The van der Waals surface area contributed by atoms with E-state index in [9.17, 15) is 0 Å². The van der Waals surface area contributed by atoms with E-state index in [4.69, 9.17) is 4.52 Å². The molecule has 1 aromatic carbocycles. The smallest absolute Gasteiger partial charge is 0.230 e. The number of hydrogen-bond donors (Lipinski definition) is 0. The molecule has 6 nitrogen and oxygen atoms in total. The zero-order valence-corrected chi connectivity index (χ0v) is 11.5. The van der Waals surface area contributed by atoms with Gasteiger partial charge >= 0.3 is 0 Å². The summed E-state index contributed by atoms with van der Waals surface area (Å²) in [6.45, 7) is 0. The lowest BCUT2D eigenvalue weighted by Crippen LogP contribution is -1.93. The molecule has 0 saturated heterocycles. The summed E-state index contributed by atoms with van der Waals surface area (Å²) in [4.78, 5) is 4.48. The molecule has 0 atom stereocenters. The first kappa shape index (κ1) is 12.3. The van der Waals surface area contributed by atoms with Crippen LogP contribution in [0.4, 0.5) is 0 Å². The molecule has 0 N–H and O–H groups in total. The van der Waals surface area contributed by atoms with Gasteiger partial charge in [0.2, 0.25) is 11.7 Å². The normalized spacial score (nSPS) is 15.6. The van der Waals surface area contributed by atoms with Crippen LogP contribution < -0.4 is 0 Å². The Morgan fingerprint density at radius 1 is 1.10 bits per heavy atom. The van der Waals surface area contributed by atoms with Crippen molar-refractivity contribution in [3.63, 3.8) is 0 Å². The van der Waals surface area contributed by atoms with Gasteiger partial charge < -0.3 is 4.52 Å². The Labute approximate surface area is 121 Å². The van der Waals surface area contributed by atoms with Crippen molar-refractivity contribution in [1.29, 1.82) is 0 Å². The van der Waals surface area contributed by atoms with Crippen molar-refractivity contribution >= 4 is 0 Å². The molecule has 0 bridgehead atoms. The maximum Gasteiger partial charge on any atom is 0.230 e. The van der Waals surface area contributed by atoms with Crippen LogP contribution in [0.15, 0.2) is 41.1 Å². The van der Waals surface area contributed by atoms with Gasteiger partial charge in [-0.1, -0.05) is 41.4 Å². The van der Waals surface area contributed by atoms with E-state index in [0.717, 1.165) is 24.4 Å². The Morgan fingerprint density at radius 3 is 2.71 bits per heavy atom. The van der Waals surface area contributed by atoms with Crippen molar-refractivity contribution in [2.75, 3.05) is 0 Å². The molecule has 0 aliphatic heterocycles. The monoisotopic (exact) mass is 281 g/mol. The Kier molecular flexibility index (Phi) is 2.99. The summed E-state index contributed by atoms with van der Waals surface area (Å²) in [6, 6.07) is 9.83. The minimum atomic E-state index is 0.412. The second-order valence-corrected chi connectivity index (χ2v) is 5.32. The van der Waals surface area contributed by atoms with Gasteiger partial charge in [0.1, 0.15) is 0 Å². The van der Waals surface area contributed by atoms with Crippen LogP contribution >= 0.6 is 0 Å². The maximum atomic E-state index is 5.38. The minimum Gasteiger partial charge on any atom is -0.339 e. The molecule has 0 radical (unpaired) electrons. The van der Waals surface area contributed by atoms with Crippen molar-refractivity contribution in [3.05, 3.63) is 42.4 Å². The van der Waals surface area contributed by atoms with E-state index in [1.54, 1.807) is 4.68 Å². The van der Waals surface area contributed by atoms with Gasteiger partial charge in [0.15, 0.2) is 5.69 Å². The third-order valence-electron chi connectivity index (χ3n) is 3.89. The summed E-state index contributed by atoms with van der Waals surface area (Å²) >= 11 is 0. The molecule has 2 heterocycles. The third-order valence-corrected chi connectivity index (χ3v) is 3.89. The molecule has 1 aliphatic rings. The number of nitrogens with zero attached hydrogens (tertiary/aromatic N) is 5. The summed E-state index contributed by atoms with van der Waals surface area (Å²) in [6.07, 6.45) is 6.58. The van der Waals surface area contributed by atoms with Gasteiger partial charge in [0.25, 0.3) is 0 Å². The highest BCUT2D eigenvalue weighted by molar-refractivity contribution is 5.47. The van der Waals surface area contributed by atoms with E-state index in [0.29, 0.717) is 17.4 Å². The van der Waals surface area contributed by atoms with E-state index in [-0.39, 0.29) is 0 Å². The molecule has 1 aliphatic carbocycles. The van der Waals surface area contributed by atoms with Crippen LogP contribution in [0.3, 0.4) is 0 Å². The molecule has 6 heteroatoms. The van der Waals surface area contributed by atoms with E-state index < -0.39 is 0 Å². The third kappa shape index (κ3) is 2.33. The molecule has 2 aromatic heterocycles. The van der Waals surface area contributed by atoms with E-state index in [1.165, 1.54) is 12.8 Å². The largest absolute Gasteiger partial charge is 0.339 e. The van der Waals surface area contributed by atoms with Crippen LogP contribution in [0.2, 0.25) is 0 Å². The molecule has 1 saturated carbocycles. The van der Waals surface area contributed by atoms with Gasteiger partial charge in [-0.05, 0) is 25.0 Å². The standard InChI is InChI=1S/C15H15N5O/c1-2-8-12(9-3-1)20-10-13(17-19-20)14-16-15(21-18-14)11-6-4-5-7-11/h1-3,8-11H,4-7H2. The predicted octanol–water partition coefficient (Wildman–Crippen LogP) is 2.97. The van der Waals surface area contributed by atoms with Crippen molar-refractivity contribution in [2.45, 2.75) is 31.6 Å². The topological polar surface area (TPSA) is 69.6 Å². The molecule has 0 amide bonds. The van der Waals surface area contributed by atoms with Gasteiger partial charge in [-0.15, -0.1) is 5.10 Å². The first-order valence-electron chi connectivity index (χ1n) is 7.22. The Morgan fingerprint density at radius 2 is 1.90 bits per heavy atom. The Bertz CT molecular complexity index is 727. The summed E-state index contributed by atoms with van der Waals surface area (Å²) in [7, 11) is 0. The van der Waals surface area contributed by atoms with Gasteiger partial charge in [0.05, 0.1) is 11.9 Å². The SMILES string of the molecule is c1ccc(-n2cc(-c3noc(C4CCCC4)n3)nn2)cc1. The van der Waals surface area contributed by atoms with E-state index >= 15 is 0 Å². The number of hydrogen-bond acceptors (Lipinski definition) is 5. The maximum absolute atomic E-state index is 5.38. The molecule has 0 unspecified atom stereocenters. The molecular weight excluding hydrogens is 266 g/mol. The van der Waals surface area contributed by atoms with Crippen LogP contribution in [-0.2, 0) is 0 Å². The van der Waals surface area contributed by atoms with Crippen LogP contribution in [0.5, 0.6) is 0 Å². The molecule has 21 heavy (non-hydrogen) atoms. The van der Waals surface area contributed by atoms with E-state index in [1.807, 2.05) is 36.5 Å². The zero-order valence-electron chi connectivity index (χ0n) is 11.5. The zero-order chi connectivity index (χ0) is 14.1. The highest BCUT2D eigenvalue weighted by atomic mass is 16.5. The quantitative estimate of drug-likeness (QED) is 0.738. The molecular formula is C15H15N5O. The van der Waals surface area contributed by atoms with Crippen LogP contribution in [0, 0.1) is 0 Å². The lowest BCUT2D eigenvalue weighted by atomic mass is 10.1. The van der Waals surface area contributed by atoms with Gasteiger partial charge in [-0.3, -0.25) is 0 Å². The highest BCUT2D eigenvalue weighted by Gasteiger charge is 2.24. The molecule has 106 valence electrons. The van der Waals surface area contributed by atoms with Gasteiger partial charge in [-0.25, -0.2) is 4.68 Å². The lowest BCUT2D eigenvalue weighted by Gasteiger charge is -1.98. The predicted molar refractivity (Wildman–Crippen MR) is 75.9 cm³/mol. The number of rotatable bonds is 3. The fraction of sp³-hybridized carbons (Fsp3) is 0.333. The number of benzene rings is 1. The summed E-state index contributed by atoms with van der Waals surface area (Å²) < 4.78 is 7.09. The number of aromatic nitrogens is 5. The summed E-state index contributed by atoms with van der Waals surface area (Å²) in [5, 5.41) is 12.3. The van der Waals surface area contributed by atoms with Crippen molar-refractivity contribution in [1.82, 2.24) is 25.1 Å². The summed E-state index contributed by atoms with van der Waals surface area (Å²) in [5.74, 6) is 1.66. The fourth-order valence-corrected chi connectivity index (χ4v) is 2.75. The van der Waals surface area contributed by atoms with Crippen LogP contribution in [0.1, 0.15) is 37.5 Å². The molecule has 3 aromatic rings. The Hall–Kier alpha value is -2.50. The van der Waals surface area contributed by atoms with E-state index in [2.05, 4.69) is 20.5 Å². The highest BCUT2D eigenvalue weighted by Crippen LogP contribution is 2.33. The molecule has 1 fully saturated rings. The second-order valence-electron chi connectivity index (χ2n) is 5.32.